The molecule has 0 heterocycles. The molecule has 0 aliphatic heterocycles. The SMILES string of the molecule is CC.CN.Cc1ccc2c(c1)CCCC2. The van der Waals surface area contributed by atoms with E-state index in [0.29, 0.717) is 0 Å². The van der Waals surface area contributed by atoms with Crippen LogP contribution >= 0.6 is 0 Å². The van der Waals surface area contributed by atoms with Crippen molar-refractivity contribution in [3.05, 3.63) is 34.9 Å². The standard InChI is InChI=1S/C11H14.C2H6.CH5N/c1-9-6-7-10-4-2-3-5-11(10)8-9;2*1-2/h6-8H,2-5H2,1H3;1-2H3;2H2,1H3. The number of fused-ring (bicyclic) bond motifs is 1. The van der Waals surface area contributed by atoms with Crippen molar-refractivity contribution < 1.29 is 0 Å². The molecule has 0 radical (unpaired) electrons. The summed E-state index contributed by atoms with van der Waals surface area (Å²) < 4.78 is 0. The topological polar surface area (TPSA) is 26.0 Å². The molecule has 1 nitrogen and oxygen atoms in total. The Balaban J connectivity index is 0.000000442. The van der Waals surface area contributed by atoms with Crippen LogP contribution in [0, 0.1) is 6.92 Å². The molecule has 1 heteroatoms. The maximum Gasteiger partial charge on any atom is -0.0195 e. The molecular weight excluding hydrogens is 182 g/mol. The first-order valence-corrected chi connectivity index (χ1v) is 6.02. The molecule has 15 heavy (non-hydrogen) atoms. The van der Waals surface area contributed by atoms with Crippen LogP contribution in [-0.2, 0) is 12.8 Å². The van der Waals surface area contributed by atoms with E-state index in [0.717, 1.165) is 0 Å². The first-order chi connectivity index (χ1) is 7.36. The van der Waals surface area contributed by atoms with Crippen LogP contribution in [0.5, 0.6) is 0 Å². The monoisotopic (exact) mass is 207 g/mol. The van der Waals surface area contributed by atoms with E-state index >= 15 is 0 Å². The normalized spacial score (nSPS) is 12.6. The summed E-state index contributed by atoms with van der Waals surface area (Å²) in [5, 5.41) is 0. The molecule has 0 saturated carbocycles. The highest BCUT2D eigenvalue weighted by molar-refractivity contribution is 5.32. The van der Waals surface area contributed by atoms with Gasteiger partial charge in [0.2, 0.25) is 0 Å². The molecule has 2 rings (SSSR count). The fraction of sp³-hybridized carbons (Fsp3) is 0.571. The number of hydrogen-bond donors (Lipinski definition) is 1. The Morgan fingerprint density at radius 1 is 0.933 bits per heavy atom. The van der Waals surface area contributed by atoms with Crippen LogP contribution in [0.3, 0.4) is 0 Å². The van der Waals surface area contributed by atoms with Gasteiger partial charge in [0, 0.05) is 0 Å². The van der Waals surface area contributed by atoms with Crippen molar-refractivity contribution in [1.82, 2.24) is 0 Å². The first-order valence-electron chi connectivity index (χ1n) is 6.02. The third-order valence-electron chi connectivity index (χ3n) is 2.50. The van der Waals surface area contributed by atoms with Crippen molar-refractivity contribution in [2.75, 3.05) is 7.05 Å². The zero-order valence-corrected chi connectivity index (χ0v) is 10.6. The predicted octanol–water partition coefficient (Wildman–Crippen LogP) is 3.47. The van der Waals surface area contributed by atoms with Gasteiger partial charge in [-0.2, -0.15) is 0 Å². The Kier molecular flexibility index (Phi) is 8.02. The van der Waals surface area contributed by atoms with E-state index in [4.69, 9.17) is 0 Å². The largest absolute Gasteiger partial charge is 0.333 e. The molecule has 0 aromatic heterocycles. The Hall–Kier alpha value is -0.820. The summed E-state index contributed by atoms with van der Waals surface area (Å²) in [6, 6.07) is 6.86. The quantitative estimate of drug-likeness (QED) is 0.692. The van der Waals surface area contributed by atoms with Crippen LogP contribution in [0.25, 0.3) is 0 Å². The lowest BCUT2D eigenvalue weighted by Gasteiger charge is -2.15. The highest BCUT2D eigenvalue weighted by Gasteiger charge is 2.07. The van der Waals surface area contributed by atoms with E-state index in [1.165, 1.54) is 38.3 Å². The van der Waals surface area contributed by atoms with Gasteiger partial charge in [0.15, 0.2) is 0 Å². The number of benzene rings is 1. The van der Waals surface area contributed by atoms with Crippen LogP contribution in [-0.4, -0.2) is 7.05 Å². The van der Waals surface area contributed by atoms with Gasteiger partial charge < -0.3 is 5.73 Å². The molecule has 0 spiro atoms. The lowest BCUT2D eigenvalue weighted by atomic mass is 9.91. The van der Waals surface area contributed by atoms with Crippen LogP contribution in [0.4, 0.5) is 0 Å². The molecular formula is C14H25N. The van der Waals surface area contributed by atoms with E-state index in [-0.39, 0.29) is 0 Å². The summed E-state index contributed by atoms with van der Waals surface area (Å²) in [4.78, 5) is 0. The van der Waals surface area contributed by atoms with Gasteiger partial charge in [-0.1, -0.05) is 37.6 Å². The van der Waals surface area contributed by atoms with Crippen molar-refractivity contribution >= 4 is 0 Å². The average Bonchev–Trinajstić information content (AvgIpc) is 2.34. The van der Waals surface area contributed by atoms with E-state index in [9.17, 15) is 0 Å². The van der Waals surface area contributed by atoms with Crippen molar-refractivity contribution in [3.63, 3.8) is 0 Å². The summed E-state index contributed by atoms with van der Waals surface area (Å²) in [5.41, 5.74) is 9.09. The van der Waals surface area contributed by atoms with E-state index < -0.39 is 0 Å². The Labute approximate surface area is 94.7 Å². The van der Waals surface area contributed by atoms with Gasteiger partial charge in [0.25, 0.3) is 0 Å². The maximum atomic E-state index is 4.50. The summed E-state index contributed by atoms with van der Waals surface area (Å²) >= 11 is 0. The average molecular weight is 207 g/mol. The lowest BCUT2D eigenvalue weighted by molar-refractivity contribution is 0.685. The first kappa shape index (κ1) is 14.2. The molecule has 2 N–H and O–H groups in total. The minimum absolute atomic E-state index is 1.30. The van der Waals surface area contributed by atoms with Gasteiger partial charge in [-0.15, -0.1) is 0 Å². The molecule has 0 saturated heterocycles. The minimum Gasteiger partial charge on any atom is -0.333 e. The zero-order valence-electron chi connectivity index (χ0n) is 10.6. The van der Waals surface area contributed by atoms with E-state index in [2.05, 4.69) is 30.9 Å². The molecule has 1 aliphatic carbocycles. The second-order valence-corrected chi connectivity index (χ2v) is 3.48. The van der Waals surface area contributed by atoms with Gasteiger partial charge in [0.05, 0.1) is 0 Å². The van der Waals surface area contributed by atoms with Crippen LogP contribution in [0.1, 0.15) is 43.4 Å². The molecule has 0 bridgehead atoms. The van der Waals surface area contributed by atoms with Gasteiger partial charge >= 0.3 is 0 Å². The van der Waals surface area contributed by atoms with Crippen molar-refractivity contribution in [2.24, 2.45) is 5.73 Å². The van der Waals surface area contributed by atoms with Crippen LogP contribution in [0.2, 0.25) is 0 Å². The second kappa shape index (κ2) is 8.49. The number of hydrogen-bond acceptors (Lipinski definition) is 1. The van der Waals surface area contributed by atoms with Crippen LogP contribution < -0.4 is 5.73 Å². The summed E-state index contributed by atoms with van der Waals surface area (Å²) in [6.45, 7) is 6.18. The molecule has 1 aromatic rings. The second-order valence-electron chi connectivity index (χ2n) is 3.48. The Bertz CT molecular complexity index is 266. The maximum absolute atomic E-state index is 4.50. The van der Waals surface area contributed by atoms with Gasteiger partial charge in [-0.05, 0) is 50.8 Å². The smallest absolute Gasteiger partial charge is 0.0195 e. The summed E-state index contributed by atoms with van der Waals surface area (Å²) in [5.74, 6) is 0. The molecule has 1 aliphatic rings. The summed E-state index contributed by atoms with van der Waals surface area (Å²) in [7, 11) is 1.50. The number of rotatable bonds is 0. The highest BCUT2D eigenvalue weighted by atomic mass is 14.4. The molecule has 1 aromatic carbocycles. The minimum atomic E-state index is 1.30. The number of aryl methyl sites for hydroxylation is 3. The van der Waals surface area contributed by atoms with Gasteiger partial charge in [-0.25, -0.2) is 0 Å². The third kappa shape index (κ3) is 4.48. The zero-order chi connectivity index (χ0) is 11.7. The number of nitrogens with two attached hydrogens (primary N) is 1. The predicted molar refractivity (Wildman–Crippen MR) is 69.3 cm³/mol. The molecule has 0 amide bonds. The fourth-order valence-corrected chi connectivity index (χ4v) is 1.86. The van der Waals surface area contributed by atoms with E-state index in [1.807, 2.05) is 13.8 Å². The fourth-order valence-electron chi connectivity index (χ4n) is 1.86. The van der Waals surface area contributed by atoms with Crippen molar-refractivity contribution in [2.45, 2.75) is 46.5 Å². The third-order valence-corrected chi connectivity index (χ3v) is 2.50. The lowest BCUT2D eigenvalue weighted by Crippen LogP contribution is -2.01. The molecule has 86 valence electrons. The molecule has 0 unspecified atom stereocenters. The van der Waals surface area contributed by atoms with Crippen molar-refractivity contribution in [1.29, 1.82) is 0 Å². The van der Waals surface area contributed by atoms with Crippen LogP contribution in [0.15, 0.2) is 18.2 Å². The van der Waals surface area contributed by atoms with Crippen molar-refractivity contribution in [3.8, 4) is 0 Å². The Morgan fingerprint density at radius 2 is 1.47 bits per heavy atom. The van der Waals surface area contributed by atoms with Gasteiger partial charge in [0.1, 0.15) is 0 Å². The van der Waals surface area contributed by atoms with E-state index in [1.54, 1.807) is 11.1 Å². The molecule has 0 fully saturated rings. The summed E-state index contributed by atoms with van der Waals surface area (Å²) in [6.07, 6.45) is 5.37. The molecule has 0 atom stereocenters. The Morgan fingerprint density at radius 3 is 2.07 bits per heavy atom. The van der Waals surface area contributed by atoms with Gasteiger partial charge in [-0.3, -0.25) is 0 Å². The highest BCUT2D eigenvalue weighted by Crippen LogP contribution is 2.21.